The molecule has 0 fully saturated rings. The second kappa shape index (κ2) is 7.14. The minimum Gasteiger partial charge on any atom is -0.482 e. The van der Waals surface area contributed by atoms with E-state index >= 15 is 0 Å². The monoisotopic (exact) mass is 283 g/mol. The van der Waals surface area contributed by atoms with Crippen LogP contribution in [-0.2, 0) is 4.79 Å². The standard InChI is InChI=1S/C14H18ClNO3/c1-4-16(5-2)14(18)9-19-13-7-6-11(10(3)17)8-12(13)15/h6-8H,4-5,9H2,1-3H3. The fourth-order valence-corrected chi connectivity index (χ4v) is 1.88. The second-order valence-corrected chi connectivity index (χ2v) is 4.46. The minimum atomic E-state index is -0.0864. The summed E-state index contributed by atoms with van der Waals surface area (Å²) in [6.07, 6.45) is 0. The number of nitrogens with zero attached hydrogens (tertiary/aromatic N) is 1. The predicted molar refractivity (Wildman–Crippen MR) is 74.9 cm³/mol. The summed E-state index contributed by atoms with van der Waals surface area (Å²) in [5.74, 6) is 0.261. The average molecular weight is 284 g/mol. The van der Waals surface area contributed by atoms with Crippen LogP contribution in [0.25, 0.3) is 0 Å². The molecule has 0 bridgehead atoms. The van der Waals surface area contributed by atoms with Crippen LogP contribution < -0.4 is 4.74 Å². The van der Waals surface area contributed by atoms with Crippen molar-refractivity contribution in [1.82, 2.24) is 4.90 Å². The molecule has 0 saturated heterocycles. The van der Waals surface area contributed by atoms with E-state index in [4.69, 9.17) is 16.3 Å². The highest BCUT2D eigenvalue weighted by atomic mass is 35.5. The van der Waals surface area contributed by atoms with Crippen LogP contribution in [0.2, 0.25) is 5.02 Å². The van der Waals surface area contributed by atoms with E-state index < -0.39 is 0 Å². The Bertz CT molecular complexity index is 470. The van der Waals surface area contributed by atoms with Crippen molar-refractivity contribution in [2.24, 2.45) is 0 Å². The van der Waals surface area contributed by atoms with Crippen LogP contribution in [0.5, 0.6) is 5.75 Å². The van der Waals surface area contributed by atoms with Crippen molar-refractivity contribution in [3.05, 3.63) is 28.8 Å². The zero-order valence-corrected chi connectivity index (χ0v) is 12.2. The molecule has 0 spiro atoms. The van der Waals surface area contributed by atoms with Crippen LogP contribution in [0.15, 0.2) is 18.2 Å². The zero-order valence-electron chi connectivity index (χ0n) is 11.4. The van der Waals surface area contributed by atoms with Crippen molar-refractivity contribution in [1.29, 1.82) is 0 Å². The van der Waals surface area contributed by atoms with E-state index in [9.17, 15) is 9.59 Å². The lowest BCUT2D eigenvalue weighted by Crippen LogP contribution is -2.34. The van der Waals surface area contributed by atoms with Crippen LogP contribution in [0.4, 0.5) is 0 Å². The molecule has 1 aromatic rings. The molecule has 0 radical (unpaired) electrons. The molecule has 1 rings (SSSR count). The molecule has 0 aliphatic heterocycles. The van der Waals surface area contributed by atoms with Gasteiger partial charge in [-0.15, -0.1) is 0 Å². The lowest BCUT2D eigenvalue weighted by atomic mass is 10.1. The van der Waals surface area contributed by atoms with Gasteiger partial charge in [-0.2, -0.15) is 0 Å². The molecule has 0 unspecified atom stereocenters. The Morgan fingerprint density at radius 1 is 1.26 bits per heavy atom. The van der Waals surface area contributed by atoms with Gasteiger partial charge in [-0.05, 0) is 39.0 Å². The van der Waals surface area contributed by atoms with Crippen molar-refractivity contribution < 1.29 is 14.3 Å². The first-order chi connectivity index (χ1) is 8.99. The Kier molecular flexibility index (Phi) is 5.83. The smallest absolute Gasteiger partial charge is 0.260 e. The number of hydrogen-bond acceptors (Lipinski definition) is 3. The topological polar surface area (TPSA) is 46.6 Å². The number of hydrogen-bond donors (Lipinski definition) is 0. The molecule has 4 nitrogen and oxygen atoms in total. The molecular weight excluding hydrogens is 266 g/mol. The van der Waals surface area contributed by atoms with E-state index in [0.29, 0.717) is 29.4 Å². The number of Topliss-reactive ketones (excluding diaryl/α,β-unsaturated/α-hetero) is 1. The van der Waals surface area contributed by atoms with Crippen molar-refractivity contribution in [2.75, 3.05) is 19.7 Å². The molecule has 0 N–H and O–H groups in total. The van der Waals surface area contributed by atoms with Gasteiger partial charge in [-0.3, -0.25) is 9.59 Å². The Morgan fingerprint density at radius 3 is 2.37 bits per heavy atom. The summed E-state index contributed by atoms with van der Waals surface area (Å²) in [6.45, 7) is 6.54. The van der Waals surface area contributed by atoms with Gasteiger partial charge in [0.25, 0.3) is 5.91 Å². The van der Waals surface area contributed by atoms with E-state index in [2.05, 4.69) is 0 Å². The zero-order chi connectivity index (χ0) is 14.4. The molecule has 5 heteroatoms. The lowest BCUT2D eigenvalue weighted by molar-refractivity contribution is -0.132. The number of halogens is 1. The fourth-order valence-electron chi connectivity index (χ4n) is 1.64. The van der Waals surface area contributed by atoms with E-state index in [1.807, 2.05) is 13.8 Å². The summed E-state index contributed by atoms with van der Waals surface area (Å²) in [4.78, 5) is 24.6. The maximum atomic E-state index is 11.8. The van der Waals surface area contributed by atoms with Crippen molar-refractivity contribution in [3.63, 3.8) is 0 Å². The largest absolute Gasteiger partial charge is 0.482 e. The molecule has 0 aliphatic carbocycles. The number of ether oxygens (including phenoxy) is 1. The Balaban J connectivity index is 2.68. The summed E-state index contributed by atoms with van der Waals surface area (Å²) < 4.78 is 5.38. The van der Waals surface area contributed by atoms with Gasteiger partial charge in [0.1, 0.15) is 5.75 Å². The van der Waals surface area contributed by atoms with E-state index in [1.54, 1.807) is 23.1 Å². The average Bonchev–Trinajstić information content (AvgIpc) is 2.38. The molecule has 0 aliphatic rings. The first kappa shape index (κ1) is 15.5. The Labute approximate surface area is 118 Å². The van der Waals surface area contributed by atoms with Crippen molar-refractivity contribution in [3.8, 4) is 5.75 Å². The quantitative estimate of drug-likeness (QED) is 0.754. The van der Waals surface area contributed by atoms with E-state index in [-0.39, 0.29) is 18.3 Å². The third kappa shape index (κ3) is 4.24. The van der Waals surface area contributed by atoms with E-state index in [0.717, 1.165) is 0 Å². The maximum Gasteiger partial charge on any atom is 0.260 e. The van der Waals surface area contributed by atoms with Gasteiger partial charge in [-0.25, -0.2) is 0 Å². The molecule has 19 heavy (non-hydrogen) atoms. The second-order valence-electron chi connectivity index (χ2n) is 4.06. The van der Waals surface area contributed by atoms with Crippen LogP contribution in [0.1, 0.15) is 31.1 Å². The number of amides is 1. The molecule has 104 valence electrons. The molecule has 1 amide bonds. The van der Waals surface area contributed by atoms with Gasteiger partial charge < -0.3 is 9.64 Å². The predicted octanol–water partition coefficient (Wildman–Crippen LogP) is 2.79. The third-order valence-electron chi connectivity index (χ3n) is 2.81. The Morgan fingerprint density at radius 2 is 1.89 bits per heavy atom. The van der Waals surface area contributed by atoms with Gasteiger partial charge in [-0.1, -0.05) is 11.6 Å². The fraction of sp³-hybridized carbons (Fsp3) is 0.429. The summed E-state index contributed by atoms with van der Waals surface area (Å²) >= 11 is 6.00. The van der Waals surface area contributed by atoms with Gasteiger partial charge in [0.2, 0.25) is 0 Å². The van der Waals surface area contributed by atoms with Crippen LogP contribution in [0, 0.1) is 0 Å². The van der Waals surface area contributed by atoms with E-state index in [1.165, 1.54) is 6.92 Å². The highest BCUT2D eigenvalue weighted by Crippen LogP contribution is 2.25. The summed E-state index contributed by atoms with van der Waals surface area (Å²) in [5.41, 5.74) is 0.521. The van der Waals surface area contributed by atoms with Gasteiger partial charge >= 0.3 is 0 Å². The molecule has 0 atom stereocenters. The van der Waals surface area contributed by atoms with Crippen LogP contribution in [0.3, 0.4) is 0 Å². The third-order valence-corrected chi connectivity index (χ3v) is 3.10. The van der Waals surface area contributed by atoms with Gasteiger partial charge in [0.05, 0.1) is 5.02 Å². The number of ketones is 1. The number of rotatable bonds is 6. The summed E-state index contributed by atoms with van der Waals surface area (Å²) in [7, 11) is 0. The normalized spacial score (nSPS) is 10.1. The van der Waals surface area contributed by atoms with Gasteiger partial charge in [0.15, 0.2) is 12.4 Å². The lowest BCUT2D eigenvalue weighted by Gasteiger charge is -2.18. The Hall–Kier alpha value is -1.55. The molecule has 0 saturated carbocycles. The summed E-state index contributed by atoms with van der Waals surface area (Å²) in [5, 5.41) is 0.333. The minimum absolute atomic E-state index is 0.0547. The van der Waals surface area contributed by atoms with Crippen LogP contribution >= 0.6 is 11.6 Å². The number of benzene rings is 1. The first-order valence-corrected chi connectivity index (χ1v) is 6.58. The van der Waals surface area contributed by atoms with Crippen molar-refractivity contribution >= 4 is 23.3 Å². The molecule has 0 heterocycles. The number of carbonyl (C=O) groups is 2. The molecule has 1 aromatic carbocycles. The SMILES string of the molecule is CCN(CC)C(=O)COc1ccc(C(C)=O)cc1Cl. The number of likely N-dealkylation sites (N-methyl/N-ethyl adjacent to an activating group) is 1. The first-order valence-electron chi connectivity index (χ1n) is 6.20. The summed E-state index contributed by atoms with van der Waals surface area (Å²) in [6, 6.07) is 4.78. The molecule has 0 aromatic heterocycles. The molecular formula is C14H18ClNO3. The highest BCUT2D eigenvalue weighted by Gasteiger charge is 2.12. The highest BCUT2D eigenvalue weighted by molar-refractivity contribution is 6.32. The maximum absolute atomic E-state index is 11.8. The van der Waals surface area contributed by atoms with Crippen molar-refractivity contribution in [2.45, 2.75) is 20.8 Å². The van der Waals surface area contributed by atoms with Crippen LogP contribution in [-0.4, -0.2) is 36.3 Å². The van der Waals surface area contributed by atoms with Gasteiger partial charge in [0, 0.05) is 18.7 Å². The number of carbonyl (C=O) groups excluding carboxylic acids is 2.